The predicted octanol–water partition coefficient (Wildman–Crippen LogP) is 2.24. The van der Waals surface area contributed by atoms with E-state index in [2.05, 4.69) is 46.3 Å². The molecule has 0 spiro atoms. The molecule has 1 atom stereocenters. The maximum absolute atomic E-state index is 12.2. The normalized spacial score (nSPS) is 18.0. The number of benzene rings is 1. The molecule has 0 saturated carbocycles. The number of sulfonamides is 1. The summed E-state index contributed by atoms with van der Waals surface area (Å²) in [6.45, 7) is 6.34. The fourth-order valence-corrected chi connectivity index (χ4v) is 4.04. The van der Waals surface area contributed by atoms with E-state index in [0.717, 1.165) is 25.9 Å². The molecular weight excluding hydrogens is 503 g/mol. The van der Waals surface area contributed by atoms with Gasteiger partial charge in [-0.1, -0.05) is 44.2 Å². The topological polar surface area (TPSA) is 91.8 Å². The Bertz CT molecular complexity index is 721. The standard InChI is InChI=1S/C20H34N4O3S.HI/c1-20(2,17-9-5-4-6-10-17)16-23-19(21-3)22-12-14-28(25,26)24-15-18-11-7-8-13-27-18;/h4-6,9-10,18,24H,7-8,11-16H2,1-3H3,(H2,21,22,23);1H. The van der Waals surface area contributed by atoms with Crippen molar-refractivity contribution in [2.75, 3.05) is 39.0 Å². The van der Waals surface area contributed by atoms with Crippen molar-refractivity contribution in [2.45, 2.75) is 44.6 Å². The summed E-state index contributed by atoms with van der Waals surface area (Å²) in [5.41, 5.74) is 1.15. The highest BCUT2D eigenvalue weighted by Gasteiger charge is 2.21. The minimum absolute atomic E-state index is 0. The molecule has 1 aromatic carbocycles. The van der Waals surface area contributed by atoms with E-state index in [4.69, 9.17) is 4.74 Å². The van der Waals surface area contributed by atoms with Crippen LogP contribution in [0.25, 0.3) is 0 Å². The molecule has 1 heterocycles. The van der Waals surface area contributed by atoms with Gasteiger partial charge < -0.3 is 15.4 Å². The monoisotopic (exact) mass is 538 g/mol. The van der Waals surface area contributed by atoms with Gasteiger partial charge in [-0.05, 0) is 24.8 Å². The van der Waals surface area contributed by atoms with Crippen LogP contribution < -0.4 is 15.4 Å². The molecule has 0 aromatic heterocycles. The molecule has 9 heteroatoms. The minimum Gasteiger partial charge on any atom is -0.377 e. The zero-order valence-corrected chi connectivity index (χ0v) is 20.8. The molecule has 1 unspecified atom stereocenters. The molecule has 0 aliphatic carbocycles. The van der Waals surface area contributed by atoms with Crippen molar-refractivity contribution in [3.8, 4) is 0 Å². The number of hydrogen-bond donors (Lipinski definition) is 3. The highest BCUT2D eigenvalue weighted by atomic mass is 127. The van der Waals surface area contributed by atoms with E-state index in [0.29, 0.717) is 19.0 Å². The molecular formula is C20H35IN4O3S. The summed E-state index contributed by atoms with van der Waals surface area (Å²) in [6.07, 6.45) is 3.05. The number of aliphatic imine (C=N–C) groups is 1. The highest BCUT2D eigenvalue weighted by Crippen LogP contribution is 2.21. The van der Waals surface area contributed by atoms with Gasteiger partial charge in [-0.15, -0.1) is 24.0 Å². The van der Waals surface area contributed by atoms with Gasteiger partial charge in [0.05, 0.1) is 11.9 Å². The zero-order valence-electron chi connectivity index (χ0n) is 17.6. The minimum atomic E-state index is -3.35. The number of ether oxygens (including phenoxy) is 1. The maximum atomic E-state index is 12.2. The van der Waals surface area contributed by atoms with Crippen LogP contribution in [-0.4, -0.2) is 59.5 Å². The van der Waals surface area contributed by atoms with Crippen LogP contribution in [0.5, 0.6) is 0 Å². The van der Waals surface area contributed by atoms with Crippen LogP contribution in [0.4, 0.5) is 0 Å². The Labute approximate surface area is 192 Å². The van der Waals surface area contributed by atoms with E-state index in [1.54, 1.807) is 7.05 Å². The summed E-state index contributed by atoms with van der Waals surface area (Å²) in [5.74, 6) is 0.581. The van der Waals surface area contributed by atoms with Gasteiger partial charge in [0.2, 0.25) is 10.0 Å². The van der Waals surface area contributed by atoms with E-state index in [1.807, 2.05) is 18.2 Å². The molecule has 3 N–H and O–H groups in total. The lowest BCUT2D eigenvalue weighted by Crippen LogP contribution is -2.45. The van der Waals surface area contributed by atoms with Crippen LogP contribution in [0.2, 0.25) is 0 Å². The first kappa shape index (κ1) is 26.1. The van der Waals surface area contributed by atoms with Crippen LogP contribution in [0.1, 0.15) is 38.7 Å². The zero-order chi connectivity index (χ0) is 20.5. The Morgan fingerprint density at radius 2 is 1.93 bits per heavy atom. The van der Waals surface area contributed by atoms with Crippen LogP contribution in [-0.2, 0) is 20.2 Å². The number of rotatable bonds is 9. The van der Waals surface area contributed by atoms with Crippen molar-refractivity contribution in [3.05, 3.63) is 35.9 Å². The number of halogens is 1. The molecule has 29 heavy (non-hydrogen) atoms. The lowest BCUT2D eigenvalue weighted by molar-refractivity contribution is 0.0200. The van der Waals surface area contributed by atoms with Gasteiger partial charge in [0.15, 0.2) is 5.96 Å². The molecule has 0 bridgehead atoms. The Morgan fingerprint density at radius 1 is 1.21 bits per heavy atom. The lowest BCUT2D eigenvalue weighted by atomic mass is 9.85. The smallest absolute Gasteiger partial charge is 0.213 e. The third kappa shape index (κ3) is 9.63. The molecule has 166 valence electrons. The SMILES string of the molecule is CN=C(NCCS(=O)(=O)NCC1CCCCO1)NCC(C)(C)c1ccccc1.I. The summed E-state index contributed by atoms with van der Waals surface area (Å²) in [5, 5.41) is 6.36. The molecule has 0 amide bonds. The third-order valence-corrected chi connectivity index (χ3v) is 6.29. The average molecular weight is 538 g/mol. The average Bonchev–Trinajstić information content (AvgIpc) is 2.70. The van der Waals surface area contributed by atoms with Gasteiger partial charge in [-0.25, -0.2) is 13.1 Å². The summed E-state index contributed by atoms with van der Waals surface area (Å²) >= 11 is 0. The van der Waals surface area contributed by atoms with Crippen LogP contribution >= 0.6 is 24.0 Å². The number of guanidine groups is 1. The van der Waals surface area contributed by atoms with Crippen LogP contribution in [0.15, 0.2) is 35.3 Å². The number of hydrogen-bond acceptors (Lipinski definition) is 4. The van der Waals surface area contributed by atoms with Crippen molar-refractivity contribution in [1.82, 2.24) is 15.4 Å². The van der Waals surface area contributed by atoms with Gasteiger partial charge >= 0.3 is 0 Å². The van der Waals surface area contributed by atoms with Gasteiger partial charge in [-0.2, -0.15) is 0 Å². The van der Waals surface area contributed by atoms with Crippen molar-refractivity contribution in [2.24, 2.45) is 4.99 Å². The predicted molar refractivity (Wildman–Crippen MR) is 130 cm³/mol. The largest absolute Gasteiger partial charge is 0.377 e. The van der Waals surface area contributed by atoms with E-state index < -0.39 is 10.0 Å². The van der Waals surface area contributed by atoms with E-state index in [9.17, 15) is 8.42 Å². The Balaban J connectivity index is 0.00000420. The molecule has 2 rings (SSSR count). The van der Waals surface area contributed by atoms with Crippen molar-refractivity contribution < 1.29 is 13.2 Å². The molecule has 1 aromatic rings. The maximum Gasteiger partial charge on any atom is 0.213 e. The van der Waals surface area contributed by atoms with Gasteiger partial charge in [-0.3, -0.25) is 4.99 Å². The lowest BCUT2D eigenvalue weighted by Gasteiger charge is -2.26. The van der Waals surface area contributed by atoms with E-state index >= 15 is 0 Å². The first-order chi connectivity index (χ1) is 13.3. The van der Waals surface area contributed by atoms with Gasteiger partial charge in [0.25, 0.3) is 0 Å². The molecule has 1 saturated heterocycles. The second kappa shape index (κ2) is 12.7. The first-order valence-electron chi connectivity index (χ1n) is 9.91. The summed E-state index contributed by atoms with van der Waals surface area (Å²) in [7, 11) is -1.67. The second-order valence-corrected chi connectivity index (χ2v) is 9.68. The summed E-state index contributed by atoms with van der Waals surface area (Å²) in [6, 6.07) is 10.3. The number of nitrogens with zero attached hydrogens (tertiary/aromatic N) is 1. The van der Waals surface area contributed by atoms with Crippen LogP contribution in [0.3, 0.4) is 0 Å². The first-order valence-corrected chi connectivity index (χ1v) is 11.6. The Hall–Kier alpha value is -0.910. The van der Waals surface area contributed by atoms with Crippen molar-refractivity contribution in [3.63, 3.8) is 0 Å². The van der Waals surface area contributed by atoms with Crippen molar-refractivity contribution >= 4 is 40.0 Å². The third-order valence-electron chi connectivity index (χ3n) is 4.94. The quantitative estimate of drug-likeness (QED) is 0.255. The fourth-order valence-electron chi connectivity index (χ4n) is 3.08. The van der Waals surface area contributed by atoms with Crippen molar-refractivity contribution in [1.29, 1.82) is 0 Å². The van der Waals surface area contributed by atoms with Gasteiger partial charge in [0, 0.05) is 38.7 Å². The van der Waals surface area contributed by atoms with Gasteiger partial charge in [0.1, 0.15) is 0 Å². The van der Waals surface area contributed by atoms with E-state index in [-0.39, 0.29) is 47.8 Å². The molecule has 7 nitrogen and oxygen atoms in total. The molecule has 1 aliphatic rings. The Morgan fingerprint density at radius 3 is 2.55 bits per heavy atom. The fraction of sp³-hybridized carbons (Fsp3) is 0.650. The molecule has 0 radical (unpaired) electrons. The molecule has 1 aliphatic heterocycles. The summed E-state index contributed by atoms with van der Waals surface area (Å²) < 4.78 is 32.6. The summed E-state index contributed by atoms with van der Waals surface area (Å²) in [4.78, 5) is 4.18. The van der Waals surface area contributed by atoms with Crippen LogP contribution in [0, 0.1) is 0 Å². The second-order valence-electron chi connectivity index (χ2n) is 7.76. The molecule has 1 fully saturated rings. The van der Waals surface area contributed by atoms with E-state index in [1.165, 1.54) is 5.56 Å². The number of nitrogens with one attached hydrogen (secondary N) is 3. The highest BCUT2D eigenvalue weighted by molar-refractivity contribution is 14.0. The Kier molecular flexibility index (Phi) is 11.4.